The van der Waals surface area contributed by atoms with E-state index >= 15 is 0 Å². The number of terminal acetylenes is 1. The van der Waals surface area contributed by atoms with Crippen molar-refractivity contribution in [1.29, 1.82) is 5.26 Å². The van der Waals surface area contributed by atoms with Crippen molar-refractivity contribution in [2.75, 3.05) is 12.3 Å². The molecule has 1 fully saturated rings. The molecule has 1 aliphatic heterocycles. The molecule has 2 aromatic rings. The fraction of sp³-hybridized carbons (Fsp3) is 0.385. The van der Waals surface area contributed by atoms with Crippen molar-refractivity contribution in [3.05, 3.63) is 22.2 Å². The van der Waals surface area contributed by atoms with E-state index in [-0.39, 0.29) is 17.3 Å². The molecule has 1 aliphatic rings. The maximum atomic E-state index is 11.8. The topological polar surface area (TPSA) is 183 Å². The third kappa shape index (κ3) is 1.78. The summed E-state index contributed by atoms with van der Waals surface area (Å²) in [6.45, 7) is -0.849. The number of imidazole rings is 1. The average molecular weight is 332 g/mol. The summed E-state index contributed by atoms with van der Waals surface area (Å²) in [5, 5.41) is 43.5. The second kappa shape index (κ2) is 5.02. The summed E-state index contributed by atoms with van der Waals surface area (Å²) in [5.74, 6) is 1.79. The predicted molar refractivity (Wildman–Crippen MR) is 77.1 cm³/mol. The molecule has 1 saturated heterocycles. The minimum Gasteiger partial charge on any atom is -0.392 e. The van der Waals surface area contributed by atoms with Crippen molar-refractivity contribution in [2.45, 2.75) is 23.4 Å². The predicted octanol–water partition coefficient (Wildman–Crippen LogP) is -3.17. The number of nitrogens with one attached hydrogen (secondary N) is 1. The molecule has 0 aromatic carbocycles. The van der Waals surface area contributed by atoms with Crippen LogP contribution in [0.1, 0.15) is 5.69 Å². The van der Waals surface area contributed by atoms with Crippen LogP contribution in [-0.4, -0.2) is 59.3 Å². The number of nitrogen functional groups attached to an aromatic ring is 1. The summed E-state index contributed by atoms with van der Waals surface area (Å²) in [6.07, 6.45) is 2.76. The molecule has 124 valence electrons. The highest BCUT2D eigenvalue weighted by molar-refractivity contribution is 5.43. The largest absolute Gasteiger partial charge is 0.392 e. The Bertz CT molecular complexity index is 954. The third-order valence-corrected chi connectivity index (χ3v) is 3.95. The van der Waals surface area contributed by atoms with E-state index in [2.05, 4.69) is 21.0 Å². The highest BCUT2D eigenvalue weighted by Crippen LogP contribution is 2.44. The first-order chi connectivity index (χ1) is 11.3. The number of aromatic nitrogens is 4. The molecule has 0 bridgehead atoms. The highest BCUT2D eigenvalue weighted by atomic mass is 16.6. The van der Waals surface area contributed by atoms with E-state index in [1.165, 1.54) is 0 Å². The van der Waals surface area contributed by atoms with Crippen LogP contribution in [0, 0.1) is 23.7 Å². The number of hydrogen-bond donors (Lipinski definition) is 5. The van der Waals surface area contributed by atoms with Crippen molar-refractivity contribution in [3.63, 3.8) is 0 Å². The molecule has 11 heteroatoms. The Kier molecular flexibility index (Phi) is 3.33. The van der Waals surface area contributed by atoms with Gasteiger partial charge in [-0.05, 0) is 0 Å². The van der Waals surface area contributed by atoms with Crippen LogP contribution >= 0.6 is 0 Å². The normalized spacial score (nSPS) is 32.5. The molecule has 2 unspecified atom stereocenters. The lowest BCUT2D eigenvalue weighted by atomic mass is 9.89. The fourth-order valence-electron chi connectivity index (χ4n) is 2.68. The Morgan fingerprint density at radius 3 is 2.79 bits per heavy atom. The van der Waals surface area contributed by atoms with Crippen molar-refractivity contribution in [3.8, 4) is 18.4 Å². The Labute approximate surface area is 133 Å². The van der Waals surface area contributed by atoms with Crippen molar-refractivity contribution in [2.24, 2.45) is 0 Å². The zero-order chi connectivity index (χ0) is 17.7. The van der Waals surface area contributed by atoms with Crippen LogP contribution in [0.2, 0.25) is 0 Å². The highest BCUT2D eigenvalue weighted by Gasteiger charge is 2.64. The number of rotatable bonds is 2. The van der Waals surface area contributed by atoms with Gasteiger partial charge in [0.05, 0.1) is 12.8 Å². The van der Waals surface area contributed by atoms with Crippen LogP contribution in [0.4, 0.5) is 5.95 Å². The first-order valence-corrected chi connectivity index (χ1v) is 6.65. The molecular formula is C13H12N6O5. The van der Waals surface area contributed by atoms with Gasteiger partial charge >= 0.3 is 0 Å². The quantitative estimate of drug-likeness (QED) is 0.354. The smallest absolute Gasteiger partial charge is 0.295 e. The summed E-state index contributed by atoms with van der Waals surface area (Å²) >= 11 is 0. The maximum absolute atomic E-state index is 11.8. The van der Waals surface area contributed by atoms with Crippen LogP contribution in [0.25, 0.3) is 5.65 Å². The summed E-state index contributed by atoms with van der Waals surface area (Å²) in [5.41, 5.74) is 0.193. The van der Waals surface area contributed by atoms with Gasteiger partial charge in [-0.25, -0.2) is 9.50 Å². The van der Waals surface area contributed by atoms with E-state index in [4.69, 9.17) is 16.9 Å². The number of nitriles is 1. The first kappa shape index (κ1) is 15.9. The number of hydrogen-bond acceptors (Lipinski definition) is 9. The van der Waals surface area contributed by atoms with Gasteiger partial charge in [-0.3, -0.25) is 9.78 Å². The number of fused-ring (bicyclic) bond motifs is 1. The zero-order valence-corrected chi connectivity index (χ0v) is 12.0. The lowest BCUT2D eigenvalue weighted by molar-refractivity contribution is -0.101. The molecule has 11 nitrogen and oxygen atoms in total. The average Bonchev–Trinajstić information content (AvgIpc) is 3.08. The number of aliphatic hydroxyl groups is 3. The van der Waals surface area contributed by atoms with Gasteiger partial charge in [0.15, 0.2) is 5.60 Å². The summed E-state index contributed by atoms with van der Waals surface area (Å²) in [7, 11) is 0. The van der Waals surface area contributed by atoms with Crippen LogP contribution in [-0.2, 0) is 10.3 Å². The van der Waals surface area contributed by atoms with E-state index in [0.29, 0.717) is 0 Å². The van der Waals surface area contributed by atoms with Gasteiger partial charge in [0.25, 0.3) is 5.56 Å². The lowest BCUT2D eigenvalue weighted by Gasteiger charge is -2.25. The first-order valence-electron chi connectivity index (χ1n) is 6.65. The van der Waals surface area contributed by atoms with Crippen molar-refractivity contribution < 1.29 is 20.1 Å². The number of anilines is 1. The van der Waals surface area contributed by atoms with Gasteiger partial charge in [-0.2, -0.15) is 5.26 Å². The Morgan fingerprint density at radius 1 is 1.54 bits per heavy atom. The monoisotopic (exact) mass is 332 g/mol. The van der Waals surface area contributed by atoms with Crippen LogP contribution in [0.5, 0.6) is 0 Å². The Morgan fingerprint density at radius 2 is 2.25 bits per heavy atom. The molecular weight excluding hydrogens is 320 g/mol. The lowest BCUT2D eigenvalue weighted by Crippen LogP contribution is -2.45. The van der Waals surface area contributed by atoms with Crippen LogP contribution in [0.15, 0.2) is 11.0 Å². The summed E-state index contributed by atoms with van der Waals surface area (Å²) in [4.78, 5) is 17.9. The number of aromatic amines is 1. The second-order valence-corrected chi connectivity index (χ2v) is 5.25. The maximum Gasteiger partial charge on any atom is 0.295 e. The van der Waals surface area contributed by atoms with Gasteiger partial charge in [-0.15, -0.1) is 11.5 Å². The van der Waals surface area contributed by atoms with E-state index in [1.54, 1.807) is 6.07 Å². The van der Waals surface area contributed by atoms with E-state index in [0.717, 1.165) is 10.7 Å². The molecule has 0 amide bonds. The van der Waals surface area contributed by atoms with Crippen molar-refractivity contribution >= 4 is 11.6 Å². The molecule has 0 spiro atoms. The molecule has 2 aromatic heterocycles. The van der Waals surface area contributed by atoms with E-state index < -0.39 is 35.6 Å². The number of ether oxygens (including phenoxy) is 1. The SMILES string of the molecule is C#C[C@]1(CO)O[C@@](C#N)(c2cnc3c(=O)[nH]c(N)nn23)C(O)C1O. The van der Waals surface area contributed by atoms with Gasteiger partial charge in [0, 0.05) is 0 Å². The molecule has 0 aliphatic carbocycles. The number of nitrogens with zero attached hydrogens (tertiary/aromatic N) is 4. The number of H-pyrrole nitrogens is 1. The van der Waals surface area contributed by atoms with Gasteiger partial charge in [0.1, 0.15) is 24.0 Å². The van der Waals surface area contributed by atoms with Gasteiger partial charge in [0.2, 0.25) is 17.2 Å². The van der Waals surface area contributed by atoms with Crippen LogP contribution < -0.4 is 11.3 Å². The molecule has 4 atom stereocenters. The standard InChI is InChI=1S/C13H12N6O5/c1-2-12(5-20)7(21)8(22)13(4-14,24-12)6-3-16-9-10(23)17-11(15)18-19(6)9/h1,3,7-8,20-22H,5H2,(H3,15,17,18,23)/t7?,8?,12-,13+/m1/s1. The van der Waals surface area contributed by atoms with Crippen LogP contribution in [0.3, 0.4) is 0 Å². The van der Waals surface area contributed by atoms with E-state index in [9.17, 15) is 25.4 Å². The molecule has 6 N–H and O–H groups in total. The van der Waals surface area contributed by atoms with Gasteiger partial charge < -0.3 is 25.8 Å². The van der Waals surface area contributed by atoms with Crippen molar-refractivity contribution in [1.82, 2.24) is 19.6 Å². The minimum absolute atomic E-state index is 0.171. The molecule has 3 rings (SSSR count). The number of nitrogens with two attached hydrogens (primary N) is 1. The Balaban J connectivity index is 2.30. The summed E-state index contributed by atoms with van der Waals surface area (Å²) in [6, 6.07) is 1.72. The molecule has 0 radical (unpaired) electrons. The van der Waals surface area contributed by atoms with E-state index in [1.807, 2.05) is 0 Å². The van der Waals surface area contributed by atoms with Gasteiger partial charge in [-0.1, -0.05) is 5.92 Å². The summed E-state index contributed by atoms with van der Waals surface area (Å²) < 4.78 is 6.35. The fourth-order valence-corrected chi connectivity index (χ4v) is 2.68. The zero-order valence-electron chi connectivity index (χ0n) is 12.0. The number of aliphatic hydroxyl groups excluding tert-OH is 3. The molecule has 0 saturated carbocycles. The molecule has 24 heavy (non-hydrogen) atoms. The Hall–Kier alpha value is -2.96. The third-order valence-electron chi connectivity index (χ3n) is 3.95. The molecule has 3 heterocycles. The second-order valence-electron chi connectivity index (χ2n) is 5.25. The minimum atomic E-state index is -2.22.